The molecule has 218 valence electrons. The molecule has 0 unspecified atom stereocenters. The van der Waals surface area contributed by atoms with Crippen molar-refractivity contribution in [3.8, 4) is 5.75 Å². The van der Waals surface area contributed by atoms with E-state index >= 15 is 0 Å². The molecule has 4 rings (SSSR count). The summed E-state index contributed by atoms with van der Waals surface area (Å²) in [6.45, 7) is 3.85. The van der Waals surface area contributed by atoms with Crippen molar-refractivity contribution in [3.05, 3.63) is 57.1 Å². The molecule has 2 heterocycles. The van der Waals surface area contributed by atoms with Gasteiger partial charge in [0.15, 0.2) is 0 Å². The first-order valence-corrected chi connectivity index (χ1v) is 19.1. The summed E-state index contributed by atoms with van der Waals surface area (Å²) in [5.74, 6) is -0.409. The molecule has 10 nitrogen and oxygen atoms in total. The fourth-order valence-corrected chi connectivity index (χ4v) is 11.2. The molecule has 2 fully saturated rings. The number of benzene rings is 2. The van der Waals surface area contributed by atoms with Crippen molar-refractivity contribution in [2.24, 2.45) is 5.92 Å². The normalized spacial score (nSPS) is 22.9. The van der Waals surface area contributed by atoms with Crippen LogP contribution in [0, 0.1) is 9.49 Å². The van der Waals surface area contributed by atoms with Crippen LogP contribution in [0.4, 0.5) is 4.79 Å². The second-order valence-electron chi connectivity index (χ2n) is 9.37. The summed E-state index contributed by atoms with van der Waals surface area (Å²) in [5, 5.41) is 24.2. The van der Waals surface area contributed by atoms with Gasteiger partial charge in [0, 0.05) is 0 Å². The SMILES string of the molecule is CC(C)CN(C[C@@H](O)[C@@H](NC(=O)O[C@H]1CO[C@H]2OC[I-][C@H]21)[I-]c1ccccc1)S(=O)(=O)c1ccc(Cl)c(O)c1. The molecule has 3 N–H and O–H groups in total. The van der Waals surface area contributed by atoms with Crippen molar-refractivity contribution < 1.29 is 80.0 Å². The number of rotatable bonds is 11. The number of phenolic OH excluding ortho intramolecular Hbond substituents is 1. The number of sulfonamides is 1. The minimum absolute atomic E-state index is 0.0324. The molecular weight excluding hydrogens is 778 g/mol. The number of nitrogens with one attached hydrogen (secondary N) is 1. The molecule has 0 bridgehead atoms. The van der Waals surface area contributed by atoms with Gasteiger partial charge in [0.1, 0.15) is 0 Å². The minimum atomic E-state index is -4.10. The number of aliphatic hydroxyl groups excluding tert-OH is 1. The predicted octanol–water partition coefficient (Wildman–Crippen LogP) is -3.77. The Balaban J connectivity index is 1.52. The molecule has 2 aromatic carbocycles. The molecule has 5 atom stereocenters. The molecule has 0 saturated carbocycles. The van der Waals surface area contributed by atoms with Crippen molar-refractivity contribution >= 4 is 27.7 Å². The number of ether oxygens (including phenoxy) is 3. The molecule has 2 aliphatic rings. The quantitative estimate of drug-likeness (QED) is 0.120. The van der Waals surface area contributed by atoms with Gasteiger partial charge in [-0.3, -0.25) is 0 Å². The van der Waals surface area contributed by atoms with Gasteiger partial charge in [-0.15, -0.1) is 0 Å². The zero-order chi connectivity index (χ0) is 28.2. The van der Waals surface area contributed by atoms with Crippen molar-refractivity contribution in [2.75, 3.05) is 24.3 Å². The van der Waals surface area contributed by atoms with Crippen LogP contribution in [0.3, 0.4) is 0 Å². The fourth-order valence-electron chi connectivity index (χ4n) is 4.02. The average molecular weight is 809 g/mol. The topological polar surface area (TPSA) is 135 Å². The molecule has 2 aromatic rings. The second-order valence-corrected chi connectivity index (χ2v) is 17.9. The van der Waals surface area contributed by atoms with Crippen LogP contribution in [0.25, 0.3) is 0 Å². The number of alkyl carbamates (subject to hydrolysis) is 1. The Hall–Kier alpha value is -0.950. The van der Waals surface area contributed by atoms with Crippen LogP contribution in [-0.4, -0.2) is 79.8 Å². The molecule has 2 aliphatic heterocycles. The third-order valence-corrected chi connectivity index (χ3v) is 14.4. The van der Waals surface area contributed by atoms with Crippen molar-refractivity contribution in [1.82, 2.24) is 9.62 Å². The number of aromatic hydroxyl groups is 1. The van der Waals surface area contributed by atoms with Crippen LogP contribution in [0.2, 0.25) is 5.02 Å². The van der Waals surface area contributed by atoms with Gasteiger partial charge >= 0.3 is 256 Å². The maximum absolute atomic E-state index is 13.5. The van der Waals surface area contributed by atoms with Gasteiger partial charge in [-0.05, 0) is 0 Å². The number of aliphatic hydroxyl groups is 1. The summed E-state index contributed by atoms with van der Waals surface area (Å²) in [5.41, 5.74) is 0. The van der Waals surface area contributed by atoms with Crippen molar-refractivity contribution in [3.63, 3.8) is 0 Å². The van der Waals surface area contributed by atoms with Crippen molar-refractivity contribution in [2.45, 2.75) is 45.2 Å². The fraction of sp³-hybridized carbons (Fsp3) is 0.480. The summed E-state index contributed by atoms with van der Waals surface area (Å²) < 4.78 is 46.0. The van der Waals surface area contributed by atoms with E-state index in [9.17, 15) is 23.4 Å². The van der Waals surface area contributed by atoms with Gasteiger partial charge in [-0.2, -0.15) is 0 Å². The Morgan fingerprint density at radius 2 is 1.97 bits per heavy atom. The number of halogens is 3. The second kappa shape index (κ2) is 13.8. The van der Waals surface area contributed by atoms with E-state index in [0.717, 1.165) is 9.64 Å². The van der Waals surface area contributed by atoms with Crippen LogP contribution in [0.1, 0.15) is 13.8 Å². The third-order valence-electron chi connectivity index (χ3n) is 5.85. The van der Waals surface area contributed by atoms with E-state index in [4.69, 9.17) is 25.8 Å². The number of hydrogen-bond acceptors (Lipinski definition) is 8. The van der Waals surface area contributed by atoms with E-state index < -0.39 is 53.6 Å². The first kappa shape index (κ1) is 31.0. The molecule has 14 heteroatoms. The number of nitrogens with zero attached hydrogens (tertiary/aromatic N) is 1. The van der Waals surface area contributed by atoms with Crippen LogP contribution in [0.5, 0.6) is 5.75 Å². The summed E-state index contributed by atoms with van der Waals surface area (Å²) in [4.78, 5) is 12.8. The summed E-state index contributed by atoms with van der Waals surface area (Å²) in [6.07, 6.45) is -2.64. The van der Waals surface area contributed by atoms with Gasteiger partial charge in [0.2, 0.25) is 0 Å². The number of fused-ring (bicyclic) bond motifs is 1. The number of carbonyl (C=O) groups excluding carboxylic acids is 1. The standard InChI is InChI=1S/C25H31ClI2N2O8S/c1-15(2)11-30(39(34,35)17-8-9-18(26)19(31)10-17)12-20(32)23(28-16-6-4-3-5-7-16)29-25(33)38-21-13-36-24-22(21)27-14-37-24/h3-10,15,20-24,31-32H,11-14H2,1-2H3,(H,29,33)/q-2/t20-,21+,22+,23-,24+/m1/s1. The van der Waals surface area contributed by atoms with E-state index in [2.05, 4.69) is 5.32 Å². The zero-order valence-corrected chi connectivity index (χ0v) is 27.1. The van der Waals surface area contributed by atoms with E-state index in [0.29, 0.717) is 4.61 Å². The monoisotopic (exact) mass is 808 g/mol. The Morgan fingerprint density at radius 3 is 2.67 bits per heavy atom. The van der Waals surface area contributed by atoms with E-state index in [1.165, 1.54) is 16.4 Å². The summed E-state index contributed by atoms with van der Waals surface area (Å²) >= 11 is 4.58. The number of alkyl halides is 3. The Bertz CT molecular complexity index is 1240. The molecule has 0 aliphatic carbocycles. The molecule has 39 heavy (non-hydrogen) atoms. The maximum atomic E-state index is 13.5. The van der Waals surface area contributed by atoms with Crippen LogP contribution in [-0.2, 0) is 24.2 Å². The van der Waals surface area contributed by atoms with Gasteiger partial charge in [0.05, 0.1) is 0 Å². The molecular formula is C25H31ClI2N2O8S-2. The van der Waals surface area contributed by atoms with Gasteiger partial charge in [-0.1, -0.05) is 0 Å². The van der Waals surface area contributed by atoms with Crippen LogP contribution < -0.4 is 47.7 Å². The Labute approximate surface area is 253 Å². The molecule has 1 amide bonds. The Morgan fingerprint density at radius 1 is 1.23 bits per heavy atom. The Kier molecular flexibility index (Phi) is 11.0. The van der Waals surface area contributed by atoms with Gasteiger partial charge < -0.3 is 0 Å². The van der Waals surface area contributed by atoms with Gasteiger partial charge in [-0.25, -0.2) is 0 Å². The zero-order valence-electron chi connectivity index (χ0n) is 21.2. The average Bonchev–Trinajstić information content (AvgIpc) is 3.50. The first-order chi connectivity index (χ1) is 18.5. The first-order valence-electron chi connectivity index (χ1n) is 12.2. The number of hydrogen-bond donors (Lipinski definition) is 3. The number of phenols is 1. The van der Waals surface area contributed by atoms with E-state index in [-0.39, 0.29) is 72.7 Å². The van der Waals surface area contributed by atoms with E-state index in [1.54, 1.807) is 0 Å². The molecule has 0 aromatic heterocycles. The molecule has 2 saturated heterocycles. The van der Waals surface area contributed by atoms with Crippen LogP contribution >= 0.6 is 11.6 Å². The van der Waals surface area contributed by atoms with Crippen LogP contribution in [0.15, 0.2) is 53.4 Å². The molecule has 0 spiro atoms. The molecule has 0 radical (unpaired) electrons. The van der Waals surface area contributed by atoms with Crippen molar-refractivity contribution in [1.29, 1.82) is 0 Å². The predicted molar refractivity (Wildman–Crippen MR) is 135 cm³/mol. The van der Waals surface area contributed by atoms with E-state index in [1.807, 2.05) is 44.2 Å². The number of amides is 1. The van der Waals surface area contributed by atoms with Gasteiger partial charge in [0.25, 0.3) is 0 Å². The number of carbonyl (C=O) groups is 1. The summed E-state index contributed by atoms with van der Waals surface area (Å²) in [6, 6.07) is 13.2. The summed E-state index contributed by atoms with van der Waals surface area (Å²) in [7, 11) is -4.10. The third kappa shape index (κ3) is 8.08.